The molecule has 0 atom stereocenters. The number of methoxy groups -OCH3 is 5. The molecular weight excluding hydrogens is 478 g/mol. The fraction of sp³-hybridized carbons (Fsp3) is 0.179. The van der Waals surface area contributed by atoms with Crippen molar-refractivity contribution < 1.29 is 38.7 Å². The second-order valence-corrected chi connectivity index (χ2v) is 7.67. The van der Waals surface area contributed by atoms with Crippen LogP contribution in [0.15, 0.2) is 48.5 Å². The fourth-order valence-electron chi connectivity index (χ4n) is 3.59. The van der Waals surface area contributed by atoms with Gasteiger partial charge in [0.1, 0.15) is 0 Å². The number of carbonyl (C=O) groups excluding carboxylic acids is 1. The van der Waals surface area contributed by atoms with Crippen molar-refractivity contribution in [2.45, 2.75) is 0 Å². The number of carbonyl (C=O) groups is 1. The highest BCUT2D eigenvalue weighted by atomic mass is 16.5. The molecule has 9 nitrogen and oxygen atoms in total. The Kier molecular flexibility index (Phi) is 8.88. The Morgan fingerprint density at radius 2 is 1.22 bits per heavy atom. The minimum atomic E-state index is -0.459. The highest BCUT2D eigenvalue weighted by Crippen LogP contribution is 2.39. The summed E-state index contributed by atoms with van der Waals surface area (Å²) in [6, 6.07) is 11.5. The van der Waals surface area contributed by atoms with Gasteiger partial charge in [-0.1, -0.05) is 18.2 Å². The van der Waals surface area contributed by atoms with Crippen molar-refractivity contribution in [3.8, 4) is 40.2 Å². The molecule has 3 aromatic rings. The maximum atomic E-state index is 12.6. The maximum absolute atomic E-state index is 12.6. The molecule has 0 aromatic heterocycles. The summed E-state index contributed by atoms with van der Waals surface area (Å²) in [4.78, 5) is 12.6. The van der Waals surface area contributed by atoms with Crippen LogP contribution in [0.3, 0.4) is 0 Å². The first-order valence-electron chi connectivity index (χ1n) is 11.1. The number of hydrogen-bond donors (Lipinski definition) is 3. The topological polar surface area (TPSA) is 116 Å². The van der Waals surface area contributed by atoms with Crippen molar-refractivity contribution in [3.05, 3.63) is 65.2 Å². The summed E-state index contributed by atoms with van der Waals surface area (Å²) >= 11 is 0. The van der Waals surface area contributed by atoms with Crippen molar-refractivity contribution in [1.29, 1.82) is 0 Å². The van der Waals surface area contributed by atoms with E-state index in [1.807, 2.05) is 0 Å². The van der Waals surface area contributed by atoms with E-state index in [1.54, 1.807) is 42.5 Å². The molecule has 0 radical (unpaired) electrons. The zero-order valence-electron chi connectivity index (χ0n) is 21.2. The van der Waals surface area contributed by atoms with E-state index in [4.69, 9.17) is 23.7 Å². The van der Waals surface area contributed by atoms with Crippen molar-refractivity contribution >= 4 is 29.8 Å². The number of benzene rings is 3. The van der Waals surface area contributed by atoms with Gasteiger partial charge in [-0.2, -0.15) is 0 Å². The smallest absolute Gasteiger partial charge is 0.248 e. The lowest BCUT2D eigenvalue weighted by Crippen LogP contribution is -2.09. The van der Waals surface area contributed by atoms with Gasteiger partial charge >= 0.3 is 0 Å². The summed E-state index contributed by atoms with van der Waals surface area (Å²) in [5.74, 6) is 1.29. The number of phenolic OH excluding ortho intramolecular Hbond substituents is 2. The molecule has 0 aliphatic heterocycles. The van der Waals surface area contributed by atoms with E-state index in [0.717, 1.165) is 5.56 Å². The first kappa shape index (κ1) is 26.8. The Labute approximate surface area is 215 Å². The molecule has 0 aliphatic carbocycles. The molecule has 37 heavy (non-hydrogen) atoms. The standard InChI is InChI=1S/C28H29NO8/c1-33-23-10-8-17(13-21(23)30)9-11-26(32)29-20-12-18(14-22(31)27(20)36-4)6-7-19-15-24(34-2)28(37-5)25(16-19)35-3/h6-16,30-31H,1-5H3,(H,29,32)/b7-6?,11-9+. The molecule has 0 fully saturated rings. The molecule has 9 heteroatoms. The highest BCUT2D eigenvalue weighted by molar-refractivity contribution is 6.03. The number of ether oxygens (including phenoxy) is 5. The largest absolute Gasteiger partial charge is 0.504 e. The molecule has 0 saturated heterocycles. The molecule has 194 valence electrons. The van der Waals surface area contributed by atoms with Crippen molar-refractivity contribution in [1.82, 2.24) is 0 Å². The zero-order valence-corrected chi connectivity index (χ0v) is 21.2. The van der Waals surface area contributed by atoms with E-state index >= 15 is 0 Å². The highest BCUT2D eigenvalue weighted by Gasteiger charge is 2.14. The lowest BCUT2D eigenvalue weighted by molar-refractivity contribution is -0.111. The van der Waals surface area contributed by atoms with Crippen LogP contribution in [0, 0.1) is 0 Å². The second kappa shape index (κ2) is 12.3. The molecule has 0 saturated carbocycles. The molecular formula is C28H29NO8. The van der Waals surface area contributed by atoms with E-state index in [9.17, 15) is 15.0 Å². The van der Waals surface area contributed by atoms with Gasteiger partial charge in [0.2, 0.25) is 11.7 Å². The van der Waals surface area contributed by atoms with Gasteiger partial charge in [-0.15, -0.1) is 0 Å². The van der Waals surface area contributed by atoms with Crippen molar-refractivity contribution in [2.24, 2.45) is 0 Å². The Bertz CT molecular complexity index is 1300. The summed E-state index contributed by atoms with van der Waals surface area (Å²) in [6.07, 6.45) is 6.39. The first-order valence-corrected chi connectivity index (χ1v) is 11.1. The van der Waals surface area contributed by atoms with Crippen LogP contribution in [0.4, 0.5) is 5.69 Å². The summed E-state index contributed by atoms with van der Waals surface area (Å²) in [5.41, 5.74) is 2.25. The Morgan fingerprint density at radius 3 is 1.76 bits per heavy atom. The molecule has 1 amide bonds. The van der Waals surface area contributed by atoms with Gasteiger partial charge in [0, 0.05) is 6.08 Å². The van der Waals surface area contributed by atoms with Crippen LogP contribution in [0.25, 0.3) is 18.2 Å². The summed E-state index contributed by atoms with van der Waals surface area (Å²) in [6.45, 7) is 0. The predicted octanol–water partition coefficient (Wildman–Crippen LogP) is 4.96. The normalized spacial score (nSPS) is 10.9. The Morgan fingerprint density at radius 1 is 0.649 bits per heavy atom. The lowest BCUT2D eigenvalue weighted by atomic mass is 10.1. The van der Waals surface area contributed by atoms with Gasteiger partial charge in [0.15, 0.2) is 34.5 Å². The Balaban J connectivity index is 1.85. The fourth-order valence-corrected chi connectivity index (χ4v) is 3.59. The number of hydrogen-bond acceptors (Lipinski definition) is 8. The first-order chi connectivity index (χ1) is 17.8. The summed E-state index contributed by atoms with van der Waals surface area (Å²) < 4.78 is 26.4. The van der Waals surface area contributed by atoms with E-state index in [-0.39, 0.29) is 22.9 Å². The lowest BCUT2D eigenvalue weighted by Gasteiger charge is -2.13. The number of amides is 1. The predicted molar refractivity (Wildman–Crippen MR) is 142 cm³/mol. The average Bonchev–Trinajstić information content (AvgIpc) is 2.90. The molecule has 0 heterocycles. The van der Waals surface area contributed by atoms with Crippen LogP contribution in [-0.4, -0.2) is 51.7 Å². The quantitative estimate of drug-likeness (QED) is 0.260. The average molecular weight is 508 g/mol. The number of anilines is 1. The van der Waals surface area contributed by atoms with Crippen LogP contribution in [-0.2, 0) is 4.79 Å². The molecule has 3 N–H and O–H groups in total. The number of phenols is 2. The van der Waals surface area contributed by atoms with E-state index in [0.29, 0.717) is 34.1 Å². The van der Waals surface area contributed by atoms with Gasteiger partial charge in [-0.3, -0.25) is 4.79 Å². The zero-order chi connectivity index (χ0) is 26.9. The SMILES string of the molecule is COc1ccc(/C=C/C(=O)Nc2cc(C=Cc3cc(OC)c(OC)c(OC)c3)cc(O)c2OC)cc1O. The third-order valence-corrected chi connectivity index (χ3v) is 5.34. The Hall–Kier alpha value is -4.79. The van der Waals surface area contributed by atoms with Crippen LogP contribution >= 0.6 is 0 Å². The minimum Gasteiger partial charge on any atom is -0.504 e. The van der Waals surface area contributed by atoms with Gasteiger partial charge in [-0.05, 0) is 59.2 Å². The van der Waals surface area contributed by atoms with Crippen molar-refractivity contribution in [3.63, 3.8) is 0 Å². The van der Waals surface area contributed by atoms with Crippen LogP contribution < -0.4 is 29.0 Å². The third kappa shape index (κ3) is 6.46. The monoisotopic (exact) mass is 507 g/mol. The summed E-state index contributed by atoms with van der Waals surface area (Å²) in [7, 11) is 7.45. The van der Waals surface area contributed by atoms with Gasteiger partial charge in [-0.25, -0.2) is 0 Å². The van der Waals surface area contributed by atoms with E-state index < -0.39 is 5.91 Å². The van der Waals surface area contributed by atoms with E-state index in [1.165, 1.54) is 59.8 Å². The molecule has 0 spiro atoms. The molecule has 3 rings (SSSR count). The molecule has 0 bridgehead atoms. The van der Waals surface area contributed by atoms with Crippen LogP contribution in [0.2, 0.25) is 0 Å². The van der Waals surface area contributed by atoms with Gasteiger partial charge < -0.3 is 39.2 Å². The number of nitrogens with one attached hydrogen (secondary N) is 1. The molecule has 0 unspecified atom stereocenters. The van der Waals surface area contributed by atoms with Crippen LogP contribution in [0.1, 0.15) is 16.7 Å². The minimum absolute atomic E-state index is 0.0387. The van der Waals surface area contributed by atoms with Crippen LogP contribution in [0.5, 0.6) is 40.2 Å². The van der Waals surface area contributed by atoms with Gasteiger partial charge in [0.25, 0.3) is 0 Å². The second-order valence-electron chi connectivity index (χ2n) is 7.67. The van der Waals surface area contributed by atoms with E-state index in [2.05, 4.69) is 5.32 Å². The molecule has 3 aromatic carbocycles. The maximum Gasteiger partial charge on any atom is 0.248 e. The molecule has 0 aliphatic rings. The number of rotatable bonds is 10. The third-order valence-electron chi connectivity index (χ3n) is 5.34. The van der Waals surface area contributed by atoms with Gasteiger partial charge in [0.05, 0.1) is 41.2 Å². The summed E-state index contributed by atoms with van der Waals surface area (Å²) in [5, 5.41) is 23.1. The number of aromatic hydroxyl groups is 2. The van der Waals surface area contributed by atoms with Crippen molar-refractivity contribution in [2.75, 3.05) is 40.9 Å².